The number of aliphatic hydroxyl groups excluding tert-OH is 1. The van der Waals surface area contributed by atoms with Crippen molar-refractivity contribution in [2.24, 2.45) is 5.73 Å². The van der Waals surface area contributed by atoms with E-state index >= 15 is 0 Å². The Balaban J connectivity index is 0.00000242. The molecule has 0 aromatic heterocycles. The standard InChI is InChI=1S/C15H22N2O4.ClH/c1-20-12-4-2-3-11(9-12)13(18)10-17-14(19)15(16)5-7-21-8-6-15;/h2-4,9,13,18H,5-8,10,16H2,1H3,(H,17,19);1H. The Kier molecular flexibility index (Phi) is 7.09. The second kappa shape index (κ2) is 8.33. The maximum absolute atomic E-state index is 12.2. The third kappa shape index (κ3) is 4.58. The van der Waals surface area contributed by atoms with Gasteiger partial charge in [-0.3, -0.25) is 4.79 Å². The maximum atomic E-state index is 12.2. The number of hydrogen-bond acceptors (Lipinski definition) is 5. The van der Waals surface area contributed by atoms with Crippen LogP contribution < -0.4 is 15.8 Å². The molecule has 0 bridgehead atoms. The summed E-state index contributed by atoms with van der Waals surface area (Å²) in [4.78, 5) is 12.2. The molecule has 1 aliphatic rings. The molecule has 1 amide bonds. The molecule has 2 rings (SSSR count). The monoisotopic (exact) mass is 330 g/mol. The number of ether oxygens (including phenoxy) is 2. The lowest BCUT2D eigenvalue weighted by Gasteiger charge is -2.32. The van der Waals surface area contributed by atoms with Crippen LogP contribution in [-0.4, -0.2) is 43.4 Å². The molecule has 0 radical (unpaired) electrons. The molecule has 124 valence electrons. The summed E-state index contributed by atoms with van der Waals surface area (Å²) in [5.41, 5.74) is 5.87. The third-order valence-corrected chi connectivity index (χ3v) is 3.77. The fourth-order valence-electron chi connectivity index (χ4n) is 2.29. The lowest BCUT2D eigenvalue weighted by molar-refractivity contribution is -0.130. The van der Waals surface area contributed by atoms with Gasteiger partial charge in [0.25, 0.3) is 0 Å². The van der Waals surface area contributed by atoms with Gasteiger partial charge in [-0.25, -0.2) is 0 Å². The predicted octanol–water partition coefficient (Wildman–Crippen LogP) is 0.774. The van der Waals surface area contributed by atoms with Crippen LogP contribution in [0, 0.1) is 0 Å². The molecule has 0 spiro atoms. The molecule has 1 heterocycles. The molecule has 1 fully saturated rings. The van der Waals surface area contributed by atoms with Crippen molar-refractivity contribution in [2.45, 2.75) is 24.5 Å². The normalized spacial score (nSPS) is 18.0. The van der Waals surface area contributed by atoms with Crippen LogP contribution in [0.4, 0.5) is 0 Å². The smallest absolute Gasteiger partial charge is 0.240 e. The highest BCUT2D eigenvalue weighted by molar-refractivity contribution is 5.86. The highest BCUT2D eigenvalue weighted by Gasteiger charge is 2.35. The van der Waals surface area contributed by atoms with Gasteiger partial charge in [-0.2, -0.15) is 0 Å². The fourth-order valence-corrected chi connectivity index (χ4v) is 2.29. The first-order chi connectivity index (χ1) is 10.0. The summed E-state index contributed by atoms with van der Waals surface area (Å²) in [6, 6.07) is 7.11. The summed E-state index contributed by atoms with van der Waals surface area (Å²) in [5, 5.41) is 12.9. The van der Waals surface area contributed by atoms with Crippen LogP contribution in [0.15, 0.2) is 24.3 Å². The van der Waals surface area contributed by atoms with Crippen molar-refractivity contribution in [2.75, 3.05) is 26.9 Å². The number of carbonyl (C=O) groups excluding carboxylic acids is 1. The number of methoxy groups -OCH3 is 1. The van der Waals surface area contributed by atoms with Crippen molar-refractivity contribution in [1.82, 2.24) is 5.32 Å². The van der Waals surface area contributed by atoms with Crippen LogP contribution in [0.1, 0.15) is 24.5 Å². The van der Waals surface area contributed by atoms with Crippen molar-refractivity contribution in [3.05, 3.63) is 29.8 Å². The van der Waals surface area contributed by atoms with Crippen LogP contribution >= 0.6 is 12.4 Å². The molecule has 4 N–H and O–H groups in total. The second-order valence-corrected chi connectivity index (χ2v) is 5.27. The van der Waals surface area contributed by atoms with Gasteiger partial charge in [-0.1, -0.05) is 12.1 Å². The highest BCUT2D eigenvalue weighted by Crippen LogP contribution is 2.20. The second-order valence-electron chi connectivity index (χ2n) is 5.27. The van der Waals surface area contributed by atoms with E-state index in [2.05, 4.69) is 5.32 Å². The summed E-state index contributed by atoms with van der Waals surface area (Å²) >= 11 is 0. The fraction of sp³-hybridized carbons (Fsp3) is 0.533. The quantitative estimate of drug-likeness (QED) is 0.741. The average Bonchev–Trinajstić information content (AvgIpc) is 2.53. The number of nitrogens with two attached hydrogens (primary N) is 1. The number of hydrogen-bond donors (Lipinski definition) is 3. The molecule has 1 unspecified atom stereocenters. The number of aliphatic hydroxyl groups is 1. The van der Waals surface area contributed by atoms with E-state index in [1.165, 1.54) is 0 Å². The zero-order valence-corrected chi connectivity index (χ0v) is 13.4. The number of carbonyl (C=O) groups is 1. The minimum Gasteiger partial charge on any atom is -0.497 e. The van der Waals surface area contributed by atoms with Crippen LogP contribution in [0.2, 0.25) is 0 Å². The van der Waals surface area contributed by atoms with E-state index < -0.39 is 11.6 Å². The summed E-state index contributed by atoms with van der Waals surface area (Å²) in [6.45, 7) is 1.09. The Bertz CT molecular complexity index is 492. The van der Waals surface area contributed by atoms with Gasteiger partial charge in [0.1, 0.15) is 5.75 Å². The Morgan fingerprint density at radius 1 is 1.50 bits per heavy atom. The minimum absolute atomic E-state index is 0. The number of benzene rings is 1. The minimum atomic E-state index is -0.896. The molecule has 1 saturated heterocycles. The lowest BCUT2D eigenvalue weighted by Crippen LogP contribution is -2.57. The molecule has 1 aromatic rings. The van der Waals surface area contributed by atoms with Gasteiger partial charge >= 0.3 is 0 Å². The molecule has 1 aromatic carbocycles. The summed E-state index contributed by atoms with van der Waals surface area (Å²) < 4.78 is 10.3. The van der Waals surface area contributed by atoms with E-state index in [0.717, 1.165) is 0 Å². The van der Waals surface area contributed by atoms with Gasteiger partial charge in [0.05, 0.1) is 18.8 Å². The third-order valence-electron chi connectivity index (χ3n) is 3.77. The van der Waals surface area contributed by atoms with Gasteiger partial charge < -0.3 is 25.6 Å². The first-order valence-corrected chi connectivity index (χ1v) is 7.02. The SMILES string of the molecule is COc1cccc(C(O)CNC(=O)C2(N)CCOCC2)c1.Cl. The van der Waals surface area contributed by atoms with Crippen molar-refractivity contribution < 1.29 is 19.4 Å². The Labute approximate surface area is 136 Å². The Hall–Kier alpha value is -1.34. The van der Waals surface area contributed by atoms with Crippen molar-refractivity contribution in [1.29, 1.82) is 0 Å². The number of nitrogens with one attached hydrogen (secondary N) is 1. The highest BCUT2D eigenvalue weighted by atomic mass is 35.5. The van der Waals surface area contributed by atoms with E-state index in [9.17, 15) is 9.90 Å². The molecule has 6 nitrogen and oxygen atoms in total. The first-order valence-electron chi connectivity index (χ1n) is 7.02. The van der Waals surface area contributed by atoms with Crippen molar-refractivity contribution in [3.63, 3.8) is 0 Å². The topological polar surface area (TPSA) is 93.8 Å². The maximum Gasteiger partial charge on any atom is 0.240 e. The number of amides is 1. The molecule has 1 atom stereocenters. The summed E-state index contributed by atoms with van der Waals surface area (Å²) in [7, 11) is 1.57. The van der Waals surface area contributed by atoms with Crippen LogP contribution in [0.25, 0.3) is 0 Å². The molecule has 22 heavy (non-hydrogen) atoms. The molecule has 1 aliphatic heterocycles. The number of rotatable bonds is 5. The van der Waals surface area contributed by atoms with E-state index in [4.69, 9.17) is 15.2 Å². The van der Waals surface area contributed by atoms with Gasteiger partial charge in [0.15, 0.2) is 0 Å². The van der Waals surface area contributed by atoms with Crippen LogP contribution in [-0.2, 0) is 9.53 Å². The Morgan fingerprint density at radius 3 is 2.82 bits per heavy atom. The predicted molar refractivity (Wildman–Crippen MR) is 85.2 cm³/mol. The van der Waals surface area contributed by atoms with Crippen molar-refractivity contribution >= 4 is 18.3 Å². The van der Waals surface area contributed by atoms with E-state index in [-0.39, 0.29) is 24.9 Å². The van der Waals surface area contributed by atoms with Crippen LogP contribution in [0.5, 0.6) is 5.75 Å². The molecular weight excluding hydrogens is 308 g/mol. The lowest BCUT2D eigenvalue weighted by atomic mass is 9.90. The number of halogens is 1. The molecule has 0 saturated carbocycles. The van der Waals surface area contributed by atoms with Gasteiger partial charge in [-0.15, -0.1) is 12.4 Å². The van der Waals surface area contributed by atoms with Gasteiger partial charge in [0, 0.05) is 19.8 Å². The molecule has 7 heteroatoms. The van der Waals surface area contributed by atoms with Gasteiger partial charge in [-0.05, 0) is 30.5 Å². The van der Waals surface area contributed by atoms with Crippen LogP contribution in [0.3, 0.4) is 0 Å². The molecular formula is C15H23ClN2O4. The summed E-state index contributed by atoms with van der Waals surface area (Å²) in [5.74, 6) is 0.422. The first kappa shape index (κ1) is 18.7. The summed E-state index contributed by atoms with van der Waals surface area (Å²) in [6.07, 6.45) is 0.190. The molecule has 0 aliphatic carbocycles. The average molecular weight is 331 g/mol. The van der Waals surface area contributed by atoms with E-state index in [1.807, 2.05) is 0 Å². The zero-order valence-electron chi connectivity index (χ0n) is 12.6. The zero-order chi connectivity index (χ0) is 15.3. The Morgan fingerprint density at radius 2 is 2.18 bits per heavy atom. The van der Waals surface area contributed by atoms with E-state index in [1.54, 1.807) is 31.4 Å². The largest absolute Gasteiger partial charge is 0.497 e. The van der Waals surface area contributed by atoms with E-state index in [0.29, 0.717) is 37.4 Å². The van der Waals surface area contributed by atoms with Gasteiger partial charge in [0.2, 0.25) is 5.91 Å². The van der Waals surface area contributed by atoms with Crippen molar-refractivity contribution in [3.8, 4) is 5.75 Å².